The van der Waals surface area contributed by atoms with Crippen molar-refractivity contribution in [2.24, 2.45) is 0 Å². The summed E-state index contributed by atoms with van der Waals surface area (Å²) in [6.07, 6.45) is 2.16. The van der Waals surface area contributed by atoms with E-state index < -0.39 is 11.2 Å². The van der Waals surface area contributed by atoms with Gasteiger partial charge in [-0.25, -0.2) is 4.79 Å². The first-order valence-electron chi connectivity index (χ1n) is 6.94. The molecule has 118 valence electrons. The van der Waals surface area contributed by atoms with Gasteiger partial charge < -0.3 is 15.1 Å². The highest BCUT2D eigenvalue weighted by molar-refractivity contribution is 5.92. The van der Waals surface area contributed by atoms with Crippen LogP contribution in [0, 0.1) is 0 Å². The molecule has 8 heteroatoms. The number of aromatic nitrogens is 2. The number of H-pyrrole nitrogens is 1. The van der Waals surface area contributed by atoms with E-state index >= 15 is 0 Å². The molecule has 0 aliphatic carbocycles. The molecule has 0 fully saturated rings. The molecule has 22 heavy (non-hydrogen) atoms. The Morgan fingerprint density at radius 3 is 2.77 bits per heavy atom. The van der Waals surface area contributed by atoms with E-state index in [1.165, 1.54) is 10.8 Å². The zero-order valence-electron chi connectivity index (χ0n) is 12.4. The van der Waals surface area contributed by atoms with Crippen LogP contribution >= 0.6 is 0 Å². The van der Waals surface area contributed by atoms with Crippen LogP contribution in [0.15, 0.2) is 32.4 Å². The van der Waals surface area contributed by atoms with Gasteiger partial charge in [0.25, 0.3) is 5.56 Å². The van der Waals surface area contributed by atoms with Gasteiger partial charge in [0.1, 0.15) is 17.3 Å². The van der Waals surface area contributed by atoms with E-state index in [0.717, 1.165) is 0 Å². The molecule has 0 saturated carbocycles. The van der Waals surface area contributed by atoms with Gasteiger partial charge in [0.05, 0.1) is 6.26 Å². The average molecular weight is 306 g/mol. The molecule has 0 aliphatic rings. The molecule has 1 amide bonds. The van der Waals surface area contributed by atoms with Crippen molar-refractivity contribution in [1.82, 2.24) is 9.55 Å². The lowest BCUT2D eigenvalue weighted by atomic mass is 10.2. The van der Waals surface area contributed by atoms with Crippen molar-refractivity contribution in [3.8, 4) is 0 Å². The minimum absolute atomic E-state index is 0.146. The minimum atomic E-state index is -0.571. The highest BCUT2D eigenvalue weighted by atomic mass is 16.3. The van der Waals surface area contributed by atoms with Crippen LogP contribution in [0.4, 0.5) is 11.5 Å². The van der Waals surface area contributed by atoms with Gasteiger partial charge in [-0.3, -0.25) is 19.1 Å². The lowest BCUT2D eigenvalue weighted by Gasteiger charge is -2.15. The zero-order valence-corrected chi connectivity index (χ0v) is 12.4. The fraction of sp³-hybridized carbons (Fsp3) is 0.357. The fourth-order valence-corrected chi connectivity index (χ4v) is 2.12. The van der Waals surface area contributed by atoms with Crippen molar-refractivity contribution in [3.05, 3.63) is 45.0 Å². The van der Waals surface area contributed by atoms with Crippen molar-refractivity contribution in [2.45, 2.75) is 26.3 Å². The molecule has 0 saturated heterocycles. The van der Waals surface area contributed by atoms with E-state index in [2.05, 4.69) is 15.6 Å². The number of nitrogens with zero attached hydrogens (tertiary/aromatic N) is 1. The minimum Gasteiger partial charge on any atom is -0.469 e. The van der Waals surface area contributed by atoms with Gasteiger partial charge in [-0.05, 0) is 19.1 Å². The third-order valence-corrected chi connectivity index (χ3v) is 3.20. The lowest BCUT2D eigenvalue weighted by molar-refractivity contribution is -0.116. The molecule has 2 aromatic heterocycles. The van der Waals surface area contributed by atoms with Crippen LogP contribution < -0.4 is 21.9 Å². The number of amides is 1. The second-order valence-electron chi connectivity index (χ2n) is 4.60. The van der Waals surface area contributed by atoms with E-state index in [0.29, 0.717) is 18.7 Å². The monoisotopic (exact) mass is 306 g/mol. The summed E-state index contributed by atoms with van der Waals surface area (Å²) in [6, 6.07) is 3.53. The van der Waals surface area contributed by atoms with Crippen molar-refractivity contribution >= 4 is 17.4 Å². The number of hydrogen-bond donors (Lipinski definition) is 3. The molecule has 2 heterocycles. The summed E-state index contributed by atoms with van der Waals surface area (Å²) in [5.74, 6) is 0.561. The Kier molecular flexibility index (Phi) is 4.82. The predicted octanol–water partition coefficient (Wildman–Crippen LogP) is 0.762. The van der Waals surface area contributed by atoms with Crippen LogP contribution in [0.1, 0.15) is 19.1 Å². The van der Waals surface area contributed by atoms with E-state index in [-0.39, 0.29) is 23.8 Å². The van der Waals surface area contributed by atoms with Gasteiger partial charge in [0.15, 0.2) is 0 Å². The van der Waals surface area contributed by atoms with Gasteiger partial charge in [-0.2, -0.15) is 0 Å². The first-order valence-corrected chi connectivity index (χ1v) is 6.94. The summed E-state index contributed by atoms with van der Waals surface area (Å²) in [7, 11) is 1.55. The smallest absolute Gasteiger partial charge is 0.330 e. The van der Waals surface area contributed by atoms with Crippen LogP contribution in [0.25, 0.3) is 0 Å². The third-order valence-electron chi connectivity index (χ3n) is 3.20. The van der Waals surface area contributed by atoms with Crippen molar-refractivity contribution in [1.29, 1.82) is 0 Å². The van der Waals surface area contributed by atoms with Crippen molar-refractivity contribution < 1.29 is 9.21 Å². The maximum absolute atomic E-state index is 12.1. The summed E-state index contributed by atoms with van der Waals surface area (Å²) in [4.78, 5) is 37.8. The number of carbonyl (C=O) groups is 1. The molecule has 0 atom stereocenters. The maximum atomic E-state index is 12.1. The molecule has 0 spiro atoms. The Bertz CT molecular complexity index is 722. The topological polar surface area (TPSA) is 109 Å². The Balaban J connectivity index is 2.22. The number of anilines is 2. The fourth-order valence-electron chi connectivity index (χ4n) is 2.12. The van der Waals surface area contributed by atoms with Crippen LogP contribution in [-0.4, -0.2) is 22.5 Å². The number of furan rings is 1. The molecule has 0 aromatic carbocycles. The van der Waals surface area contributed by atoms with Crippen LogP contribution in [0.5, 0.6) is 0 Å². The molecule has 8 nitrogen and oxygen atoms in total. The number of nitrogens with one attached hydrogen (secondary N) is 3. The van der Waals surface area contributed by atoms with Crippen LogP contribution in [0.3, 0.4) is 0 Å². The Morgan fingerprint density at radius 2 is 2.18 bits per heavy atom. The second kappa shape index (κ2) is 6.79. The van der Waals surface area contributed by atoms with Crippen molar-refractivity contribution in [3.63, 3.8) is 0 Å². The molecular formula is C14H18N4O4. The first kappa shape index (κ1) is 15.6. The Labute approximate surface area is 126 Å². The molecule has 0 unspecified atom stereocenters. The molecule has 0 bridgehead atoms. The number of hydrogen-bond acceptors (Lipinski definition) is 5. The lowest BCUT2D eigenvalue weighted by Crippen LogP contribution is -2.34. The molecule has 0 radical (unpaired) electrons. The maximum Gasteiger partial charge on any atom is 0.330 e. The number of aryl methyl sites for hydroxylation is 1. The summed E-state index contributed by atoms with van der Waals surface area (Å²) in [6.45, 7) is 2.07. The summed E-state index contributed by atoms with van der Waals surface area (Å²) >= 11 is 0. The van der Waals surface area contributed by atoms with E-state index in [4.69, 9.17) is 4.42 Å². The molecular weight excluding hydrogens is 288 g/mol. The van der Waals surface area contributed by atoms with Gasteiger partial charge in [-0.15, -0.1) is 0 Å². The zero-order chi connectivity index (χ0) is 16.1. The Morgan fingerprint density at radius 1 is 1.41 bits per heavy atom. The van der Waals surface area contributed by atoms with Gasteiger partial charge >= 0.3 is 5.69 Å². The summed E-state index contributed by atoms with van der Waals surface area (Å²) < 4.78 is 6.45. The quantitative estimate of drug-likeness (QED) is 0.730. The summed E-state index contributed by atoms with van der Waals surface area (Å²) in [5, 5.41) is 5.33. The first-order chi connectivity index (χ1) is 10.6. The van der Waals surface area contributed by atoms with Gasteiger partial charge in [0.2, 0.25) is 5.91 Å². The van der Waals surface area contributed by atoms with Crippen LogP contribution in [0.2, 0.25) is 0 Å². The molecule has 0 aliphatic heterocycles. The second-order valence-corrected chi connectivity index (χ2v) is 4.60. The highest BCUT2D eigenvalue weighted by Gasteiger charge is 2.15. The van der Waals surface area contributed by atoms with Gasteiger partial charge in [0, 0.05) is 26.4 Å². The summed E-state index contributed by atoms with van der Waals surface area (Å²) in [5.41, 5.74) is -0.987. The largest absolute Gasteiger partial charge is 0.469 e. The average Bonchev–Trinajstić information content (AvgIpc) is 2.99. The molecule has 3 N–H and O–H groups in total. The standard InChI is InChI=1S/C14H18N4O4/c1-3-18-12(11(15-2)13(20)17-14(18)21)16-10(19)7-6-9-5-4-8-22-9/h4-5,8,15H,3,6-7H2,1-2H3,(H,16,19)(H,17,20,21). The third kappa shape index (κ3) is 3.27. The van der Waals surface area contributed by atoms with Gasteiger partial charge in [-0.1, -0.05) is 0 Å². The van der Waals surface area contributed by atoms with E-state index in [1.807, 2.05) is 0 Å². The van der Waals surface area contributed by atoms with E-state index in [9.17, 15) is 14.4 Å². The van der Waals surface area contributed by atoms with Crippen LogP contribution in [-0.2, 0) is 17.8 Å². The highest BCUT2D eigenvalue weighted by Crippen LogP contribution is 2.15. The number of carbonyl (C=O) groups excluding carboxylic acids is 1. The molecule has 2 rings (SSSR count). The van der Waals surface area contributed by atoms with Crippen molar-refractivity contribution in [2.75, 3.05) is 17.7 Å². The normalized spacial score (nSPS) is 10.5. The Hall–Kier alpha value is -2.77. The number of rotatable bonds is 6. The van der Waals surface area contributed by atoms with E-state index in [1.54, 1.807) is 26.1 Å². The predicted molar refractivity (Wildman–Crippen MR) is 82.2 cm³/mol. The SMILES string of the molecule is CCn1c(NC(=O)CCc2ccco2)c(NC)c(=O)[nH]c1=O. The number of aromatic amines is 1. The molecule has 2 aromatic rings.